The van der Waals surface area contributed by atoms with E-state index in [1.807, 2.05) is 26.1 Å². The number of carbonyl (C=O) groups excluding carboxylic acids is 2. The molecule has 3 aromatic heterocycles. The fourth-order valence-electron chi connectivity index (χ4n) is 4.62. The van der Waals surface area contributed by atoms with Gasteiger partial charge >= 0.3 is 0 Å². The maximum Gasteiger partial charge on any atom is 0.270 e. The standard InChI is InChI=1S/C25H22F3N5O2/c1-13-22(16-11-29-7-5-21(16)32(13)2)19-3-4-20(31-19)25(35)33-8-6-14(12-33)24(34)30-15-9-17(26)23(28)18(27)10-15/h3-5,7,9-11,14,31H,6,8,12H2,1-2H3,(H,30,34). The molecular formula is C25H22F3N5O2. The van der Waals surface area contributed by atoms with E-state index >= 15 is 0 Å². The molecular weight excluding hydrogens is 459 g/mol. The van der Waals surface area contributed by atoms with Crippen LogP contribution in [0.5, 0.6) is 0 Å². The zero-order chi connectivity index (χ0) is 24.9. The number of hydrogen-bond donors (Lipinski definition) is 2. The van der Waals surface area contributed by atoms with Crippen molar-refractivity contribution in [3.05, 3.63) is 71.6 Å². The summed E-state index contributed by atoms with van der Waals surface area (Å²) in [6, 6.07) is 6.94. The predicted octanol–water partition coefficient (Wildman–Crippen LogP) is 4.39. The largest absolute Gasteiger partial charge is 0.350 e. The normalized spacial score (nSPS) is 15.7. The van der Waals surface area contributed by atoms with Gasteiger partial charge in [-0.1, -0.05) is 0 Å². The monoisotopic (exact) mass is 481 g/mol. The number of pyridine rings is 1. The number of aromatic amines is 1. The van der Waals surface area contributed by atoms with Gasteiger partial charge in [0, 0.05) is 72.7 Å². The van der Waals surface area contributed by atoms with E-state index < -0.39 is 29.3 Å². The van der Waals surface area contributed by atoms with Gasteiger partial charge in [0.15, 0.2) is 17.5 Å². The molecule has 180 valence electrons. The summed E-state index contributed by atoms with van der Waals surface area (Å²) in [7, 11) is 1.97. The van der Waals surface area contributed by atoms with Crippen LogP contribution >= 0.6 is 0 Å². The molecule has 1 aliphatic rings. The van der Waals surface area contributed by atoms with Crippen LogP contribution in [0, 0.1) is 30.3 Å². The van der Waals surface area contributed by atoms with Crippen molar-refractivity contribution in [2.45, 2.75) is 13.3 Å². The van der Waals surface area contributed by atoms with Crippen LogP contribution in [0.25, 0.3) is 22.2 Å². The molecule has 1 fully saturated rings. The topological polar surface area (TPSA) is 83.0 Å². The number of aryl methyl sites for hydroxylation is 1. The first-order valence-corrected chi connectivity index (χ1v) is 11.1. The number of hydrogen-bond acceptors (Lipinski definition) is 3. The highest BCUT2D eigenvalue weighted by molar-refractivity contribution is 5.99. The average Bonchev–Trinajstić information content (AvgIpc) is 3.57. The number of amides is 2. The molecule has 1 aliphatic heterocycles. The van der Waals surface area contributed by atoms with Crippen molar-refractivity contribution >= 4 is 28.4 Å². The third kappa shape index (κ3) is 3.94. The quantitative estimate of drug-likeness (QED) is 0.424. The van der Waals surface area contributed by atoms with E-state index in [2.05, 4.69) is 19.9 Å². The van der Waals surface area contributed by atoms with Gasteiger partial charge in [-0.05, 0) is 31.5 Å². The van der Waals surface area contributed by atoms with Crippen LogP contribution in [0.2, 0.25) is 0 Å². The highest BCUT2D eigenvalue weighted by Gasteiger charge is 2.32. The molecule has 1 atom stereocenters. The Labute approximate surface area is 198 Å². The van der Waals surface area contributed by atoms with Gasteiger partial charge in [-0.2, -0.15) is 0 Å². The SMILES string of the molecule is Cc1c(-c2ccc(C(=O)N3CCC(C(=O)Nc4cc(F)c(F)c(F)c4)C3)[nH]2)c2cnccc2n1C. The van der Waals surface area contributed by atoms with E-state index in [1.165, 1.54) is 0 Å². The zero-order valence-electron chi connectivity index (χ0n) is 19.0. The Morgan fingerprint density at radius 2 is 1.89 bits per heavy atom. The molecule has 4 heterocycles. The van der Waals surface area contributed by atoms with Gasteiger partial charge in [0.25, 0.3) is 5.91 Å². The van der Waals surface area contributed by atoms with E-state index in [1.54, 1.807) is 23.4 Å². The van der Waals surface area contributed by atoms with Gasteiger partial charge < -0.3 is 19.8 Å². The summed E-state index contributed by atoms with van der Waals surface area (Å²) in [4.78, 5) is 34.7. The fourth-order valence-corrected chi connectivity index (χ4v) is 4.62. The summed E-state index contributed by atoms with van der Waals surface area (Å²) in [6.07, 6.45) is 3.92. The Bertz CT molecular complexity index is 1450. The molecule has 0 saturated carbocycles. The van der Waals surface area contributed by atoms with E-state index in [-0.39, 0.29) is 18.1 Å². The second kappa shape index (κ2) is 8.61. The van der Waals surface area contributed by atoms with Gasteiger partial charge in [0.05, 0.1) is 11.4 Å². The summed E-state index contributed by atoms with van der Waals surface area (Å²) < 4.78 is 42.1. The molecule has 7 nitrogen and oxygen atoms in total. The van der Waals surface area contributed by atoms with Crippen molar-refractivity contribution in [2.75, 3.05) is 18.4 Å². The van der Waals surface area contributed by atoms with Crippen molar-refractivity contribution in [3.63, 3.8) is 0 Å². The molecule has 2 amide bonds. The van der Waals surface area contributed by atoms with Crippen LogP contribution in [0.3, 0.4) is 0 Å². The number of nitrogens with one attached hydrogen (secondary N) is 2. The fraction of sp³-hybridized carbons (Fsp3) is 0.240. The summed E-state index contributed by atoms with van der Waals surface area (Å²) in [6.45, 7) is 2.51. The van der Waals surface area contributed by atoms with Crippen molar-refractivity contribution < 1.29 is 22.8 Å². The molecule has 35 heavy (non-hydrogen) atoms. The Morgan fingerprint density at radius 1 is 1.14 bits per heavy atom. The van der Waals surface area contributed by atoms with Crippen LogP contribution in [0.4, 0.5) is 18.9 Å². The third-order valence-electron chi connectivity index (χ3n) is 6.58. The molecule has 10 heteroatoms. The second-order valence-electron chi connectivity index (χ2n) is 8.68. The number of fused-ring (bicyclic) bond motifs is 1. The van der Waals surface area contributed by atoms with Gasteiger partial charge in [-0.15, -0.1) is 0 Å². The molecule has 5 rings (SSSR count). The summed E-state index contributed by atoms with van der Waals surface area (Å²) in [5.74, 6) is -5.67. The van der Waals surface area contributed by atoms with Gasteiger partial charge in [0.2, 0.25) is 5.91 Å². The summed E-state index contributed by atoms with van der Waals surface area (Å²) in [5, 5.41) is 3.38. The number of halogens is 3. The van der Waals surface area contributed by atoms with E-state index in [0.717, 1.165) is 40.0 Å². The lowest BCUT2D eigenvalue weighted by atomic mass is 10.1. The number of nitrogens with zero attached hydrogens (tertiary/aromatic N) is 3. The highest BCUT2D eigenvalue weighted by atomic mass is 19.2. The molecule has 1 aromatic carbocycles. The number of likely N-dealkylation sites (tertiary alicyclic amines) is 1. The summed E-state index contributed by atoms with van der Waals surface area (Å²) >= 11 is 0. The summed E-state index contributed by atoms with van der Waals surface area (Å²) in [5.41, 5.74) is 4.03. The Balaban J connectivity index is 1.30. The Kier molecular flexibility index (Phi) is 5.58. The highest BCUT2D eigenvalue weighted by Crippen LogP contribution is 2.33. The van der Waals surface area contributed by atoms with Crippen molar-refractivity contribution in [3.8, 4) is 11.3 Å². The average molecular weight is 481 g/mol. The molecule has 1 saturated heterocycles. The van der Waals surface area contributed by atoms with Gasteiger partial charge in [-0.25, -0.2) is 13.2 Å². The predicted molar refractivity (Wildman–Crippen MR) is 124 cm³/mol. The van der Waals surface area contributed by atoms with Crippen LogP contribution in [0.1, 0.15) is 22.6 Å². The molecule has 4 aromatic rings. The van der Waals surface area contributed by atoms with Crippen LogP contribution in [-0.2, 0) is 11.8 Å². The number of rotatable bonds is 4. The first-order valence-electron chi connectivity index (χ1n) is 11.1. The maximum absolute atomic E-state index is 13.4. The number of carbonyl (C=O) groups is 2. The third-order valence-corrected chi connectivity index (χ3v) is 6.58. The van der Waals surface area contributed by atoms with Gasteiger partial charge in [-0.3, -0.25) is 14.6 Å². The number of benzene rings is 1. The Morgan fingerprint density at radius 3 is 2.63 bits per heavy atom. The minimum atomic E-state index is -1.60. The molecule has 2 N–H and O–H groups in total. The van der Waals surface area contributed by atoms with Crippen molar-refractivity contribution in [1.82, 2.24) is 19.4 Å². The first kappa shape index (κ1) is 22.7. The molecule has 0 bridgehead atoms. The van der Waals surface area contributed by atoms with Crippen molar-refractivity contribution in [2.24, 2.45) is 13.0 Å². The lowest BCUT2D eigenvalue weighted by Crippen LogP contribution is -2.31. The molecule has 0 aliphatic carbocycles. The lowest BCUT2D eigenvalue weighted by molar-refractivity contribution is -0.119. The van der Waals surface area contributed by atoms with Crippen LogP contribution < -0.4 is 5.32 Å². The van der Waals surface area contributed by atoms with Crippen LogP contribution in [-0.4, -0.2) is 44.3 Å². The number of anilines is 1. The molecule has 1 unspecified atom stereocenters. The smallest absolute Gasteiger partial charge is 0.270 e. The van der Waals surface area contributed by atoms with E-state index in [4.69, 9.17) is 0 Å². The lowest BCUT2D eigenvalue weighted by Gasteiger charge is -2.16. The minimum Gasteiger partial charge on any atom is -0.350 e. The number of aromatic nitrogens is 3. The van der Waals surface area contributed by atoms with Crippen LogP contribution in [0.15, 0.2) is 42.7 Å². The van der Waals surface area contributed by atoms with E-state index in [9.17, 15) is 22.8 Å². The van der Waals surface area contributed by atoms with Crippen molar-refractivity contribution in [1.29, 1.82) is 0 Å². The van der Waals surface area contributed by atoms with Gasteiger partial charge in [0.1, 0.15) is 5.69 Å². The van der Waals surface area contributed by atoms with E-state index in [0.29, 0.717) is 18.7 Å². The first-order chi connectivity index (χ1) is 16.7. The second-order valence-corrected chi connectivity index (χ2v) is 8.68. The maximum atomic E-state index is 13.4. The zero-order valence-corrected chi connectivity index (χ0v) is 19.0. The molecule has 0 radical (unpaired) electrons. The number of H-pyrrole nitrogens is 1. The Hall–Kier alpha value is -4.08. The molecule has 0 spiro atoms. The minimum absolute atomic E-state index is 0.155.